The van der Waals surface area contributed by atoms with Gasteiger partial charge in [0.25, 0.3) is 5.95 Å². The van der Waals surface area contributed by atoms with Gasteiger partial charge in [0.2, 0.25) is 5.89 Å². The lowest BCUT2D eigenvalue weighted by Crippen LogP contribution is -2.33. The van der Waals surface area contributed by atoms with E-state index in [1.165, 1.54) is 19.3 Å². The van der Waals surface area contributed by atoms with E-state index in [2.05, 4.69) is 41.1 Å². The second-order valence-electron chi connectivity index (χ2n) is 5.61. The second-order valence-corrected chi connectivity index (χ2v) is 5.61. The fourth-order valence-electron chi connectivity index (χ4n) is 2.92. The highest BCUT2D eigenvalue weighted by molar-refractivity contribution is 5.27. The van der Waals surface area contributed by atoms with Crippen LogP contribution in [0.15, 0.2) is 4.52 Å². The van der Waals surface area contributed by atoms with E-state index in [0.29, 0.717) is 12.0 Å². The van der Waals surface area contributed by atoms with E-state index < -0.39 is 0 Å². The van der Waals surface area contributed by atoms with Gasteiger partial charge in [0.15, 0.2) is 0 Å². The summed E-state index contributed by atoms with van der Waals surface area (Å²) in [4.78, 5) is 6.72. The minimum atomic E-state index is 0.450. The SMILES string of the molecule is CCCNC1CCC(c2nc(N(CC)CC)no2)CC1. The number of nitrogens with zero attached hydrogens (tertiary/aromatic N) is 3. The minimum Gasteiger partial charge on any atom is -0.339 e. The third kappa shape index (κ3) is 3.72. The minimum absolute atomic E-state index is 0.450. The van der Waals surface area contributed by atoms with E-state index in [-0.39, 0.29) is 0 Å². The van der Waals surface area contributed by atoms with Crippen molar-refractivity contribution < 1.29 is 4.52 Å². The molecule has 1 N–H and O–H groups in total. The van der Waals surface area contributed by atoms with Crippen molar-refractivity contribution in [2.24, 2.45) is 0 Å². The number of hydrogen-bond acceptors (Lipinski definition) is 5. The molecule has 1 aromatic rings. The van der Waals surface area contributed by atoms with E-state index in [0.717, 1.165) is 44.3 Å². The lowest BCUT2D eigenvalue weighted by atomic mass is 9.86. The zero-order valence-corrected chi connectivity index (χ0v) is 13.1. The Balaban J connectivity index is 1.87. The van der Waals surface area contributed by atoms with Crippen LogP contribution in [0.4, 0.5) is 5.95 Å². The van der Waals surface area contributed by atoms with Crippen LogP contribution in [0, 0.1) is 0 Å². The van der Waals surface area contributed by atoms with Gasteiger partial charge in [-0.1, -0.05) is 6.92 Å². The topological polar surface area (TPSA) is 54.2 Å². The van der Waals surface area contributed by atoms with Crippen molar-refractivity contribution in [2.75, 3.05) is 24.5 Å². The largest absolute Gasteiger partial charge is 0.339 e. The molecule has 20 heavy (non-hydrogen) atoms. The van der Waals surface area contributed by atoms with E-state index in [9.17, 15) is 0 Å². The Morgan fingerprint density at radius 2 is 1.85 bits per heavy atom. The van der Waals surface area contributed by atoms with Gasteiger partial charge in [-0.3, -0.25) is 0 Å². The zero-order valence-electron chi connectivity index (χ0n) is 13.1. The summed E-state index contributed by atoms with van der Waals surface area (Å²) in [5.41, 5.74) is 0. The maximum Gasteiger partial charge on any atom is 0.266 e. The highest BCUT2D eigenvalue weighted by Gasteiger charge is 2.26. The third-order valence-electron chi connectivity index (χ3n) is 4.24. The first-order valence-corrected chi connectivity index (χ1v) is 8.10. The lowest BCUT2D eigenvalue weighted by Gasteiger charge is -2.27. The summed E-state index contributed by atoms with van der Waals surface area (Å²) in [6.07, 6.45) is 5.95. The molecule has 0 atom stereocenters. The predicted octanol–water partition coefficient (Wildman–Crippen LogP) is 2.94. The van der Waals surface area contributed by atoms with Crippen molar-refractivity contribution in [3.8, 4) is 0 Å². The van der Waals surface area contributed by atoms with Crippen molar-refractivity contribution in [1.29, 1.82) is 0 Å². The number of aromatic nitrogens is 2. The van der Waals surface area contributed by atoms with Crippen molar-refractivity contribution >= 4 is 5.95 Å². The molecule has 0 radical (unpaired) electrons. The molecular weight excluding hydrogens is 252 g/mol. The number of nitrogens with one attached hydrogen (secondary N) is 1. The molecule has 0 bridgehead atoms. The molecule has 0 aliphatic heterocycles. The maximum atomic E-state index is 5.48. The van der Waals surface area contributed by atoms with Crippen LogP contribution in [-0.4, -0.2) is 35.8 Å². The Hall–Kier alpha value is -1.10. The molecule has 2 rings (SSSR count). The molecule has 5 heteroatoms. The molecule has 114 valence electrons. The Bertz CT molecular complexity index is 381. The van der Waals surface area contributed by atoms with Gasteiger partial charge in [0.05, 0.1) is 0 Å². The molecule has 0 amide bonds. The fourth-order valence-corrected chi connectivity index (χ4v) is 2.92. The van der Waals surface area contributed by atoms with Crippen LogP contribution in [0.2, 0.25) is 0 Å². The zero-order chi connectivity index (χ0) is 14.4. The standard InChI is InChI=1S/C15H28N4O/c1-4-11-16-13-9-7-12(8-10-13)14-17-15(18-20-14)19(5-2)6-3/h12-13,16H,4-11H2,1-3H3. The molecule has 1 heterocycles. The van der Waals surface area contributed by atoms with Crippen molar-refractivity contribution in [3.63, 3.8) is 0 Å². The molecule has 1 saturated carbocycles. The average molecular weight is 280 g/mol. The average Bonchev–Trinajstić information content (AvgIpc) is 2.97. The molecular formula is C15H28N4O. The Labute approximate surface area is 122 Å². The Kier molecular flexibility index (Phi) is 5.83. The predicted molar refractivity (Wildman–Crippen MR) is 81.1 cm³/mol. The van der Waals surface area contributed by atoms with Crippen LogP contribution in [-0.2, 0) is 0 Å². The molecule has 1 aliphatic rings. The first-order valence-electron chi connectivity index (χ1n) is 8.10. The molecule has 1 fully saturated rings. The molecule has 0 unspecified atom stereocenters. The van der Waals surface area contributed by atoms with Crippen molar-refractivity contribution in [2.45, 2.75) is 64.8 Å². The normalized spacial score (nSPS) is 22.9. The summed E-state index contributed by atoms with van der Waals surface area (Å²) in [5.74, 6) is 2.03. The highest BCUT2D eigenvalue weighted by Crippen LogP contribution is 2.32. The van der Waals surface area contributed by atoms with Gasteiger partial charge in [-0.25, -0.2) is 0 Å². The summed E-state index contributed by atoms with van der Waals surface area (Å²) in [5, 5.41) is 7.74. The Morgan fingerprint density at radius 3 is 2.45 bits per heavy atom. The van der Waals surface area contributed by atoms with Gasteiger partial charge in [-0.15, -0.1) is 0 Å². The fraction of sp³-hybridized carbons (Fsp3) is 0.867. The lowest BCUT2D eigenvalue weighted by molar-refractivity contribution is 0.283. The quantitative estimate of drug-likeness (QED) is 0.832. The monoisotopic (exact) mass is 280 g/mol. The van der Waals surface area contributed by atoms with Crippen molar-refractivity contribution in [3.05, 3.63) is 5.89 Å². The Morgan fingerprint density at radius 1 is 1.15 bits per heavy atom. The van der Waals surface area contributed by atoms with Crippen LogP contribution >= 0.6 is 0 Å². The smallest absolute Gasteiger partial charge is 0.266 e. The van der Waals surface area contributed by atoms with Crippen LogP contribution in [0.25, 0.3) is 0 Å². The first kappa shape index (κ1) is 15.3. The van der Waals surface area contributed by atoms with E-state index >= 15 is 0 Å². The van der Waals surface area contributed by atoms with Gasteiger partial charge >= 0.3 is 0 Å². The molecule has 1 aliphatic carbocycles. The molecule has 0 spiro atoms. The molecule has 1 aromatic heterocycles. The number of rotatable bonds is 7. The van der Waals surface area contributed by atoms with Gasteiger partial charge < -0.3 is 14.7 Å². The van der Waals surface area contributed by atoms with Crippen LogP contribution in [0.3, 0.4) is 0 Å². The molecule has 0 aromatic carbocycles. The van der Waals surface area contributed by atoms with E-state index in [4.69, 9.17) is 4.52 Å². The van der Waals surface area contributed by atoms with Gasteiger partial charge in [-0.05, 0) is 57.7 Å². The van der Waals surface area contributed by atoms with Gasteiger partial charge in [0.1, 0.15) is 0 Å². The van der Waals surface area contributed by atoms with Gasteiger partial charge in [0, 0.05) is 25.0 Å². The summed E-state index contributed by atoms with van der Waals surface area (Å²) in [6.45, 7) is 9.41. The summed E-state index contributed by atoms with van der Waals surface area (Å²) in [7, 11) is 0. The highest BCUT2D eigenvalue weighted by atomic mass is 16.5. The summed E-state index contributed by atoms with van der Waals surface area (Å²) in [6, 6.07) is 0.677. The summed E-state index contributed by atoms with van der Waals surface area (Å²) < 4.78 is 5.48. The third-order valence-corrected chi connectivity index (χ3v) is 4.24. The van der Waals surface area contributed by atoms with Crippen LogP contribution < -0.4 is 10.2 Å². The molecule has 0 saturated heterocycles. The van der Waals surface area contributed by atoms with E-state index in [1.807, 2.05) is 0 Å². The molecule has 5 nitrogen and oxygen atoms in total. The van der Waals surface area contributed by atoms with Crippen LogP contribution in [0.1, 0.15) is 64.7 Å². The second kappa shape index (κ2) is 7.62. The summed E-state index contributed by atoms with van der Waals surface area (Å²) >= 11 is 0. The van der Waals surface area contributed by atoms with Crippen molar-refractivity contribution in [1.82, 2.24) is 15.5 Å². The first-order chi connectivity index (χ1) is 9.78. The van der Waals surface area contributed by atoms with Crippen LogP contribution in [0.5, 0.6) is 0 Å². The number of hydrogen-bond donors (Lipinski definition) is 1. The van der Waals surface area contributed by atoms with Gasteiger partial charge in [-0.2, -0.15) is 4.98 Å². The number of anilines is 1. The van der Waals surface area contributed by atoms with E-state index in [1.54, 1.807) is 0 Å². The maximum absolute atomic E-state index is 5.48.